The summed E-state index contributed by atoms with van der Waals surface area (Å²) in [6, 6.07) is 5.39. The SMILES string of the molecule is Nc1nc([C@@H]2CCCN2c2ccc(C(F)(F)F)cc2)cs1. The molecule has 0 spiro atoms. The standard InChI is InChI=1S/C14H14F3N3S/c15-14(16,17)9-3-5-10(6-4-9)20-7-1-2-12(20)11-8-21-13(18)19-11/h3-6,8,12H,1-2,7H2,(H2,18,19)/t12-/m0/s1. The molecule has 21 heavy (non-hydrogen) atoms. The average molecular weight is 313 g/mol. The largest absolute Gasteiger partial charge is 0.416 e. The number of thiazole rings is 1. The van der Waals surface area contributed by atoms with Gasteiger partial charge in [-0.15, -0.1) is 11.3 Å². The van der Waals surface area contributed by atoms with E-state index in [4.69, 9.17) is 5.73 Å². The summed E-state index contributed by atoms with van der Waals surface area (Å²) < 4.78 is 37.8. The molecule has 2 aromatic rings. The van der Waals surface area contributed by atoms with Crippen molar-refractivity contribution in [2.24, 2.45) is 0 Å². The van der Waals surface area contributed by atoms with Gasteiger partial charge in [-0.05, 0) is 37.1 Å². The van der Waals surface area contributed by atoms with E-state index in [2.05, 4.69) is 9.88 Å². The normalized spacial score (nSPS) is 19.2. The summed E-state index contributed by atoms with van der Waals surface area (Å²) in [6.07, 6.45) is -2.38. The van der Waals surface area contributed by atoms with E-state index in [0.717, 1.165) is 42.9 Å². The smallest absolute Gasteiger partial charge is 0.375 e. The van der Waals surface area contributed by atoms with Crippen molar-refractivity contribution in [3.05, 3.63) is 40.9 Å². The van der Waals surface area contributed by atoms with Crippen molar-refractivity contribution in [1.29, 1.82) is 0 Å². The molecule has 1 aromatic carbocycles. The second kappa shape index (κ2) is 5.22. The predicted octanol–water partition coefficient (Wildman–Crippen LogP) is 4.09. The van der Waals surface area contributed by atoms with Gasteiger partial charge < -0.3 is 10.6 Å². The van der Waals surface area contributed by atoms with Gasteiger partial charge in [-0.1, -0.05) is 0 Å². The molecule has 1 aliphatic heterocycles. The van der Waals surface area contributed by atoms with E-state index in [1.807, 2.05) is 5.38 Å². The summed E-state index contributed by atoms with van der Waals surface area (Å²) >= 11 is 1.39. The van der Waals surface area contributed by atoms with Crippen molar-refractivity contribution in [3.63, 3.8) is 0 Å². The van der Waals surface area contributed by atoms with Gasteiger partial charge in [0.05, 0.1) is 17.3 Å². The molecule has 0 saturated carbocycles. The lowest BCUT2D eigenvalue weighted by atomic mass is 10.1. The first kappa shape index (κ1) is 14.2. The first-order valence-electron chi connectivity index (χ1n) is 6.60. The number of nitrogens with two attached hydrogens (primary N) is 1. The third-order valence-corrected chi connectivity index (χ3v) is 4.35. The number of aromatic nitrogens is 1. The van der Waals surface area contributed by atoms with E-state index >= 15 is 0 Å². The molecule has 2 heterocycles. The molecule has 0 radical (unpaired) electrons. The molecule has 1 atom stereocenters. The van der Waals surface area contributed by atoms with Crippen LogP contribution in [0.3, 0.4) is 0 Å². The number of hydrogen-bond donors (Lipinski definition) is 1. The van der Waals surface area contributed by atoms with Crippen molar-refractivity contribution >= 4 is 22.2 Å². The van der Waals surface area contributed by atoms with Crippen molar-refractivity contribution in [2.75, 3.05) is 17.2 Å². The van der Waals surface area contributed by atoms with Gasteiger partial charge in [0, 0.05) is 17.6 Å². The number of anilines is 2. The molecular weight excluding hydrogens is 299 g/mol. The summed E-state index contributed by atoms with van der Waals surface area (Å²) in [5, 5.41) is 2.44. The lowest BCUT2D eigenvalue weighted by Gasteiger charge is -2.26. The Kier molecular flexibility index (Phi) is 3.52. The zero-order chi connectivity index (χ0) is 15.0. The first-order valence-corrected chi connectivity index (χ1v) is 7.48. The molecular formula is C14H14F3N3S. The Labute approximate surface area is 124 Å². The maximum absolute atomic E-state index is 12.6. The highest BCUT2D eigenvalue weighted by atomic mass is 32.1. The van der Waals surface area contributed by atoms with Gasteiger partial charge in [0.2, 0.25) is 0 Å². The van der Waals surface area contributed by atoms with Gasteiger partial charge in [0.25, 0.3) is 0 Å². The number of halogens is 3. The number of rotatable bonds is 2. The van der Waals surface area contributed by atoms with Crippen LogP contribution in [0.5, 0.6) is 0 Å². The van der Waals surface area contributed by atoms with Gasteiger partial charge in [-0.25, -0.2) is 4.98 Å². The predicted molar refractivity (Wildman–Crippen MR) is 77.3 cm³/mol. The zero-order valence-electron chi connectivity index (χ0n) is 11.1. The van der Waals surface area contributed by atoms with E-state index in [-0.39, 0.29) is 6.04 Å². The van der Waals surface area contributed by atoms with Gasteiger partial charge in [0.15, 0.2) is 5.13 Å². The van der Waals surface area contributed by atoms with Crippen molar-refractivity contribution in [3.8, 4) is 0 Å². The molecule has 112 valence electrons. The quantitative estimate of drug-likeness (QED) is 0.908. The molecule has 7 heteroatoms. The van der Waals surface area contributed by atoms with E-state index in [1.54, 1.807) is 0 Å². The van der Waals surface area contributed by atoms with Crippen LogP contribution in [0.15, 0.2) is 29.6 Å². The Balaban J connectivity index is 1.85. The van der Waals surface area contributed by atoms with Crippen LogP contribution in [-0.2, 0) is 6.18 Å². The number of alkyl halides is 3. The van der Waals surface area contributed by atoms with Gasteiger partial charge in [-0.3, -0.25) is 0 Å². The van der Waals surface area contributed by atoms with Crippen molar-refractivity contribution in [2.45, 2.75) is 25.1 Å². The Bertz CT molecular complexity index is 621. The molecule has 1 fully saturated rings. The fraction of sp³-hybridized carbons (Fsp3) is 0.357. The number of benzene rings is 1. The van der Waals surface area contributed by atoms with Crippen LogP contribution in [0, 0.1) is 0 Å². The van der Waals surface area contributed by atoms with Crippen LogP contribution in [0.25, 0.3) is 0 Å². The summed E-state index contributed by atoms with van der Waals surface area (Å²) in [4.78, 5) is 6.39. The summed E-state index contributed by atoms with van der Waals surface area (Å²) in [6.45, 7) is 0.813. The average Bonchev–Trinajstić information content (AvgIpc) is 3.06. The monoisotopic (exact) mass is 313 g/mol. The summed E-state index contributed by atoms with van der Waals surface area (Å²) in [7, 11) is 0. The molecule has 0 amide bonds. The van der Waals surface area contributed by atoms with E-state index in [0.29, 0.717) is 5.13 Å². The van der Waals surface area contributed by atoms with Crippen LogP contribution in [0.4, 0.5) is 24.0 Å². The van der Waals surface area contributed by atoms with E-state index < -0.39 is 11.7 Å². The van der Waals surface area contributed by atoms with E-state index in [9.17, 15) is 13.2 Å². The maximum atomic E-state index is 12.6. The third kappa shape index (κ3) is 2.83. The minimum absolute atomic E-state index is 0.0929. The van der Waals surface area contributed by atoms with Crippen LogP contribution in [-0.4, -0.2) is 11.5 Å². The molecule has 3 rings (SSSR count). The lowest BCUT2D eigenvalue weighted by Crippen LogP contribution is -2.22. The molecule has 0 bridgehead atoms. The van der Waals surface area contributed by atoms with Crippen molar-refractivity contribution in [1.82, 2.24) is 4.98 Å². The van der Waals surface area contributed by atoms with Crippen LogP contribution < -0.4 is 10.6 Å². The van der Waals surface area contributed by atoms with E-state index in [1.165, 1.54) is 23.5 Å². The first-order chi connectivity index (χ1) is 9.95. The van der Waals surface area contributed by atoms with Crippen LogP contribution in [0.1, 0.15) is 30.1 Å². The molecule has 0 aliphatic carbocycles. The highest BCUT2D eigenvalue weighted by Gasteiger charge is 2.32. The molecule has 1 saturated heterocycles. The Morgan fingerprint density at radius 3 is 2.52 bits per heavy atom. The minimum Gasteiger partial charge on any atom is -0.375 e. The fourth-order valence-corrected chi connectivity index (χ4v) is 3.29. The van der Waals surface area contributed by atoms with Gasteiger partial charge in [-0.2, -0.15) is 13.2 Å². The second-order valence-electron chi connectivity index (χ2n) is 5.01. The van der Waals surface area contributed by atoms with Crippen LogP contribution >= 0.6 is 11.3 Å². The Morgan fingerprint density at radius 1 is 1.24 bits per heavy atom. The van der Waals surface area contributed by atoms with Crippen LogP contribution in [0.2, 0.25) is 0 Å². The number of nitrogen functional groups attached to an aromatic ring is 1. The topological polar surface area (TPSA) is 42.1 Å². The number of hydrogen-bond acceptors (Lipinski definition) is 4. The number of nitrogens with zero attached hydrogens (tertiary/aromatic N) is 2. The zero-order valence-corrected chi connectivity index (χ0v) is 11.9. The Hall–Kier alpha value is -1.76. The van der Waals surface area contributed by atoms with Gasteiger partial charge in [0.1, 0.15) is 0 Å². The Morgan fingerprint density at radius 2 is 1.95 bits per heavy atom. The lowest BCUT2D eigenvalue weighted by molar-refractivity contribution is -0.137. The highest BCUT2D eigenvalue weighted by Crippen LogP contribution is 2.38. The molecule has 2 N–H and O–H groups in total. The highest BCUT2D eigenvalue weighted by molar-refractivity contribution is 7.13. The summed E-state index contributed by atoms with van der Waals surface area (Å²) in [5.41, 5.74) is 6.72. The molecule has 3 nitrogen and oxygen atoms in total. The molecule has 0 unspecified atom stereocenters. The summed E-state index contributed by atoms with van der Waals surface area (Å²) in [5.74, 6) is 0. The third-order valence-electron chi connectivity index (χ3n) is 3.66. The maximum Gasteiger partial charge on any atom is 0.416 e. The minimum atomic E-state index is -4.30. The molecule has 1 aliphatic rings. The molecule has 1 aromatic heterocycles. The second-order valence-corrected chi connectivity index (χ2v) is 5.90. The van der Waals surface area contributed by atoms with Gasteiger partial charge >= 0.3 is 6.18 Å². The van der Waals surface area contributed by atoms with Crippen molar-refractivity contribution < 1.29 is 13.2 Å². The fourth-order valence-electron chi connectivity index (χ4n) is 2.68.